The minimum absolute atomic E-state index is 0.424. The molecule has 7 heteroatoms. The number of fused-ring (bicyclic) bond motifs is 1. The molecule has 1 unspecified atom stereocenters. The first-order chi connectivity index (χ1) is 11.2. The fourth-order valence-electron chi connectivity index (χ4n) is 3.12. The van der Waals surface area contributed by atoms with E-state index in [0.717, 1.165) is 46.7 Å². The summed E-state index contributed by atoms with van der Waals surface area (Å²) in [5.41, 5.74) is 0.890. The van der Waals surface area contributed by atoms with Crippen LogP contribution in [0.5, 0.6) is 0 Å². The fourth-order valence-corrected chi connectivity index (χ4v) is 3.36. The number of pyridine rings is 1. The molecule has 3 aromatic rings. The average Bonchev–Trinajstić information content (AvgIpc) is 3.24. The maximum atomic E-state index is 4.49. The van der Waals surface area contributed by atoms with Crippen molar-refractivity contribution in [3.63, 3.8) is 0 Å². The Morgan fingerprint density at radius 1 is 1.26 bits per heavy atom. The van der Waals surface area contributed by atoms with Crippen LogP contribution in [-0.2, 0) is 0 Å². The number of hydrogen-bond donors (Lipinski definition) is 1. The molecule has 23 heavy (non-hydrogen) atoms. The molecule has 1 fully saturated rings. The molecule has 0 radical (unpaired) electrons. The number of halogens is 1. The Hall–Kier alpha value is -2.15. The molecule has 0 bridgehead atoms. The topological polar surface area (TPSA) is 60.9 Å². The standard InChI is InChI=1S/C16H17BrN6/c1-22(14-3-2-11(17)8-19-14)12-5-7-23(9-12)16-13-4-6-18-15(13)20-10-21-16/h2-4,6,8,10,12H,5,7,9H2,1H3,(H,18,20,21). The second kappa shape index (κ2) is 5.81. The minimum Gasteiger partial charge on any atom is -0.355 e. The quantitative estimate of drug-likeness (QED) is 0.765. The highest BCUT2D eigenvalue weighted by Crippen LogP contribution is 2.28. The molecule has 0 saturated carbocycles. The summed E-state index contributed by atoms with van der Waals surface area (Å²) in [5.74, 6) is 2.01. The average molecular weight is 373 g/mol. The first-order valence-electron chi connectivity index (χ1n) is 7.60. The Balaban J connectivity index is 1.55. The van der Waals surface area contributed by atoms with Gasteiger partial charge in [0, 0.05) is 43.0 Å². The number of rotatable bonds is 3. The van der Waals surface area contributed by atoms with Crippen molar-refractivity contribution in [3.8, 4) is 0 Å². The van der Waals surface area contributed by atoms with Crippen molar-refractivity contribution in [1.82, 2.24) is 19.9 Å². The van der Waals surface area contributed by atoms with Crippen LogP contribution in [0.25, 0.3) is 11.0 Å². The number of aromatic amines is 1. The van der Waals surface area contributed by atoms with Gasteiger partial charge in [-0.05, 0) is 40.5 Å². The molecule has 1 saturated heterocycles. The zero-order chi connectivity index (χ0) is 15.8. The monoisotopic (exact) mass is 372 g/mol. The summed E-state index contributed by atoms with van der Waals surface area (Å²) < 4.78 is 0.999. The van der Waals surface area contributed by atoms with Crippen LogP contribution in [0.4, 0.5) is 11.6 Å². The van der Waals surface area contributed by atoms with Crippen LogP contribution < -0.4 is 9.80 Å². The van der Waals surface area contributed by atoms with E-state index in [1.807, 2.05) is 30.6 Å². The lowest BCUT2D eigenvalue weighted by molar-refractivity contribution is 0.684. The zero-order valence-corrected chi connectivity index (χ0v) is 14.4. The van der Waals surface area contributed by atoms with Crippen LogP contribution in [0.15, 0.2) is 41.4 Å². The van der Waals surface area contributed by atoms with Crippen LogP contribution in [-0.4, -0.2) is 46.1 Å². The maximum Gasteiger partial charge on any atom is 0.142 e. The molecule has 0 aliphatic carbocycles. The van der Waals surface area contributed by atoms with Gasteiger partial charge < -0.3 is 14.8 Å². The third-order valence-corrected chi connectivity index (χ3v) is 4.89. The first-order valence-corrected chi connectivity index (χ1v) is 8.39. The van der Waals surface area contributed by atoms with Crippen molar-refractivity contribution in [1.29, 1.82) is 0 Å². The van der Waals surface area contributed by atoms with Gasteiger partial charge >= 0.3 is 0 Å². The molecule has 3 aromatic heterocycles. The van der Waals surface area contributed by atoms with E-state index in [4.69, 9.17) is 0 Å². The van der Waals surface area contributed by atoms with Gasteiger partial charge in [-0.15, -0.1) is 0 Å². The molecule has 4 rings (SSSR count). The smallest absolute Gasteiger partial charge is 0.142 e. The van der Waals surface area contributed by atoms with E-state index in [-0.39, 0.29) is 0 Å². The summed E-state index contributed by atoms with van der Waals surface area (Å²) in [6.07, 6.45) is 6.46. The summed E-state index contributed by atoms with van der Waals surface area (Å²) in [6, 6.07) is 6.53. The lowest BCUT2D eigenvalue weighted by Gasteiger charge is -2.26. The van der Waals surface area contributed by atoms with Gasteiger partial charge in [0.1, 0.15) is 23.6 Å². The Morgan fingerprint density at radius 3 is 3.00 bits per heavy atom. The summed E-state index contributed by atoms with van der Waals surface area (Å²) in [7, 11) is 2.11. The molecule has 118 valence electrons. The SMILES string of the molecule is CN(c1ccc(Br)cn1)C1CCN(c2ncnc3[nH]ccc23)C1. The zero-order valence-electron chi connectivity index (χ0n) is 12.8. The van der Waals surface area contributed by atoms with E-state index in [2.05, 4.69) is 52.7 Å². The fraction of sp³-hybridized carbons (Fsp3) is 0.312. The summed E-state index contributed by atoms with van der Waals surface area (Å²) in [4.78, 5) is 21.0. The molecule has 1 aliphatic heterocycles. The van der Waals surface area contributed by atoms with Gasteiger partial charge in [0.25, 0.3) is 0 Å². The molecular formula is C16H17BrN6. The number of hydrogen-bond acceptors (Lipinski definition) is 5. The number of likely N-dealkylation sites (N-methyl/N-ethyl adjacent to an activating group) is 1. The highest BCUT2D eigenvalue weighted by atomic mass is 79.9. The van der Waals surface area contributed by atoms with Crippen molar-refractivity contribution < 1.29 is 0 Å². The predicted molar refractivity (Wildman–Crippen MR) is 94.8 cm³/mol. The van der Waals surface area contributed by atoms with Gasteiger partial charge in [-0.2, -0.15) is 0 Å². The summed E-state index contributed by atoms with van der Waals surface area (Å²) in [6.45, 7) is 1.92. The Bertz CT molecular complexity index is 815. The van der Waals surface area contributed by atoms with Gasteiger partial charge in [-0.25, -0.2) is 15.0 Å². The highest BCUT2D eigenvalue weighted by molar-refractivity contribution is 9.10. The third-order valence-electron chi connectivity index (χ3n) is 4.42. The number of nitrogens with one attached hydrogen (secondary N) is 1. The van der Waals surface area contributed by atoms with Gasteiger partial charge in [-0.1, -0.05) is 0 Å². The van der Waals surface area contributed by atoms with Gasteiger partial charge in [0.15, 0.2) is 0 Å². The molecular weight excluding hydrogens is 356 g/mol. The van der Waals surface area contributed by atoms with E-state index in [1.54, 1.807) is 6.33 Å². The summed E-state index contributed by atoms with van der Waals surface area (Å²) >= 11 is 3.43. The molecule has 0 amide bonds. The van der Waals surface area contributed by atoms with E-state index >= 15 is 0 Å². The van der Waals surface area contributed by atoms with Crippen molar-refractivity contribution in [2.24, 2.45) is 0 Å². The van der Waals surface area contributed by atoms with E-state index < -0.39 is 0 Å². The van der Waals surface area contributed by atoms with E-state index in [0.29, 0.717) is 6.04 Å². The maximum absolute atomic E-state index is 4.49. The third kappa shape index (κ3) is 2.65. The van der Waals surface area contributed by atoms with Gasteiger partial charge in [0.2, 0.25) is 0 Å². The predicted octanol–water partition coefficient (Wildman–Crippen LogP) is 2.83. The number of anilines is 2. The molecule has 6 nitrogen and oxygen atoms in total. The normalized spacial score (nSPS) is 17.8. The summed E-state index contributed by atoms with van der Waals surface area (Å²) in [5, 5.41) is 1.08. The van der Waals surface area contributed by atoms with Crippen LogP contribution in [0.2, 0.25) is 0 Å². The highest BCUT2D eigenvalue weighted by Gasteiger charge is 2.28. The van der Waals surface area contributed by atoms with Crippen LogP contribution in [0.1, 0.15) is 6.42 Å². The molecule has 1 aliphatic rings. The lowest BCUT2D eigenvalue weighted by Crippen LogP contribution is -2.35. The van der Waals surface area contributed by atoms with Crippen molar-refractivity contribution in [2.75, 3.05) is 29.9 Å². The van der Waals surface area contributed by atoms with E-state index in [1.165, 1.54) is 0 Å². The second-order valence-electron chi connectivity index (χ2n) is 5.77. The van der Waals surface area contributed by atoms with Crippen molar-refractivity contribution in [3.05, 3.63) is 41.4 Å². The van der Waals surface area contributed by atoms with Gasteiger partial charge in [0.05, 0.1) is 5.39 Å². The molecule has 0 aromatic carbocycles. The second-order valence-corrected chi connectivity index (χ2v) is 6.69. The largest absolute Gasteiger partial charge is 0.355 e. The molecule has 1 N–H and O–H groups in total. The number of H-pyrrole nitrogens is 1. The Morgan fingerprint density at radius 2 is 2.17 bits per heavy atom. The molecule has 0 spiro atoms. The molecule has 4 heterocycles. The van der Waals surface area contributed by atoms with Crippen molar-refractivity contribution >= 4 is 38.6 Å². The Kier molecular flexibility index (Phi) is 3.65. The van der Waals surface area contributed by atoms with Gasteiger partial charge in [-0.3, -0.25) is 0 Å². The van der Waals surface area contributed by atoms with Crippen molar-refractivity contribution in [2.45, 2.75) is 12.5 Å². The lowest BCUT2D eigenvalue weighted by atomic mass is 10.2. The Labute approximate surface area is 142 Å². The first kappa shape index (κ1) is 14.4. The van der Waals surface area contributed by atoms with E-state index in [9.17, 15) is 0 Å². The number of aromatic nitrogens is 4. The van der Waals surface area contributed by atoms with Crippen LogP contribution in [0.3, 0.4) is 0 Å². The van der Waals surface area contributed by atoms with Crippen LogP contribution >= 0.6 is 15.9 Å². The molecule has 1 atom stereocenters. The van der Waals surface area contributed by atoms with Crippen LogP contribution in [0, 0.1) is 0 Å². The number of nitrogens with zero attached hydrogens (tertiary/aromatic N) is 5. The minimum atomic E-state index is 0.424.